The first-order valence-electron chi connectivity index (χ1n) is 4.98. The maximum atomic E-state index is 12.0. The molecule has 1 rings (SSSR count). The van der Waals surface area contributed by atoms with Crippen LogP contribution in [-0.2, 0) is 14.6 Å². The summed E-state index contributed by atoms with van der Waals surface area (Å²) < 4.78 is 24.3. The normalized spacial score (nSPS) is 10.8. The highest BCUT2D eigenvalue weighted by atomic mass is 79.9. The van der Waals surface area contributed by atoms with E-state index in [1.54, 1.807) is 5.32 Å². The van der Waals surface area contributed by atoms with Crippen molar-refractivity contribution in [1.82, 2.24) is 5.32 Å². The average molecular weight is 365 g/mol. The van der Waals surface area contributed by atoms with Crippen molar-refractivity contribution in [3.63, 3.8) is 0 Å². The number of nitrogens with two attached hydrogens (primary N) is 1. The standard InChI is InChI=1S/C10H9BrN2O6S/c11-5-1-2-6(9(15)16)7(3-5)20(18,19)4-8(14)13-10(12)17/h1-3H,4H2,(H,15,16)(H3,12,13,14,17). The molecule has 0 bridgehead atoms. The van der Waals surface area contributed by atoms with Gasteiger partial charge < -0.3 is 10.8 Å². The summed E-state index contributed by atoms with van der Waals surface area (Å²) in [6.07, 6.45) is 0. The van der Waals surface area contributed by atoms with Gasteiger partial charge in [0.05, 0.1) is 10.5 Å². The fraction of sp³-hybridized carbons (Fsp3) is 0.100. The molecule has 0 saturated carbocycles. The molecular weight excluding hydrogens is 356 g/mol. The predicted molar refractivity (Wildman–Crippen MR) is 70.9 cm³/mol. The number of carbonyl (C=O) groups is 3. The monoisotopic (exact) mass is 364 g/mol. The van der Waals surface area contributed by atoms with Crippen molar-refractivity contribution >= 4 is 43.7 Å². The molecule has 0 aromatic heterocycles. The first kappa shape index (κ1) is 16.1. The number of carboxylic acid groups (broad SMARTS) is 1. The Morgan fingerprint density at radius 2 is 1.90 bits per heavy atom. The zero-order chi connectivity index (χ0) is 15.5. The Hall–Kier alpha value is -1.94. The van der Waals surface area contributed by atoms with Crippen LogP contribution in [0, 0.1) is 0 Å². The predicted octanol–water partition coefficient (Wildman–Crippen LogP) is 0.116. The molecule has 0 heterocycles. The third kappa shape index (κ3) is 4.03. The molecule has 8 nitrogen and oxygen atoms in total. The van der Waals surface area contributed by atoms with E-state index < -0.39 is 44.0 Å². The number of urea groups is 1. The molecule has 0 atom stereocenters. The fourth-order valence-electron chi connectivity index (χ4n) is 1.35. The minimum Gasteiger partial charge on any atom is -0.478 e. The zero-order valence-corrected chi connectivity index (χ0v) is 12.2. The Balaban J connectivity index is 3.22. The molecule has 0 unspecified atom stereocenters. The van der Waals surface area contributed by atoms with E-state index in [0.717, 1.165) is 12.1 Å². The van der Waals surface area contributed by atoms with E-state index in [1.807, 2.05) is 0 Å². The average Bonchev–Trinajstić information content (AvgIpc) is 2.26. The number of aromatic carboxylic acids is 1. The third-order valence-electron chi connectivity index (χ3n) is 2.09. The van der Waals surface area contributed by atoms with E-state index in [2.05, 4.69) is 21.7 Å². The second-order valence-electron chi connectivity index (χ2n) is 3.62. The quantitative estimate of drug-likeness (QED) is 0.691. The van der Waals surface area contributed by atoms with Crippen molar-refractivity contribution in [3.05, 3.63) is 28.2 Å². The minimum atomic E-state index is -4.23. The number of benzene rings is 1. The highest BCUT2D eigenvalue weighted by molar-refractivity contribution is 9.10. The Labute approximate surface area is 122 Å². The van der Waals surface area contributed by atoms with Crippen molar-refractivity contribution < 1.29 is 27.9 Å². The number of hydrogen-bond donors (Lipinski definition) is 3. The molecule has 3 amide bonds. The molecular formula is C10H9BrN2O6S. The van der Waals surface area contributed by atoms with Crippen LogP contribution in [0.5, 0.6) is 0 Å². The van der Waals surface area contributed by atoms with Crippen LogP contribution in [0.3, 0.4) is 0 Å². The van der Waals surface area contributed by atoms with Crippen LogP contribution < -0.4 is 11.1 Å². The maximum absolute atomic E-state index is 12.0. The van der Waals surface area contributed by atoms with Gasteiger partial charge in [-0.3, -0.25) is 10.1 Å². The molecule has 0 saturated heterocycles. The molecule has 1 aromatic rings. The number of imide groups is 1. The van der Waals surface area contributed by atoms with Gasteiger partial charge in [-0.1, -0.05) is 15.9 Å². The van der Waals surface area contributed by atoms with E-state index in [4.69, 9.17) is 5.11 Å². The SMILES string of the molecule is NC(=O)NC(=O)CS(=O)(=O)c1cc(Br)ccc1C(=O)O. The number of sulfone groups is 1. The van der Waals surface area contributed by atoms with Gasteiger partial charge in [-0.05, 0) is 18.2 Å². The van der Waals surface area contributed by atoms with Crippen LogP contribution in [0.4, 0.5) is 4.79 Å². The van der Waals surface area contributed by atoms with Gasteiger partial charge in [0.1, 0.15) is 5.75 Å². The summed E-state index contributed by atoms with van der Waals surface area (Å²) in [6, 6.07) is 2.31. The lowest BCUT2D eigenvalue weighted by Gasteiger charge is -2.08. The van der Waals surface area contributed by atoms with E-state index in [0.29, 0.717) is 4.47 Å². The second kappa shape index (κ2) is 6.01. The van der Waals surface area contributed by atoms with Gasteiger partial charge in [-0.15, -0.1) is 0 Å². The Kier molecular flexibility index (Phi) is 4.84. The lowest BCUT2D eigenvalue weighted by Crippen LogP contribution is -2.38. The van der Waals surface area contributed by atoms with Gasteiger partial charge in [-0.25, -0.2) is 18.0 Å². The summed E-state index contributed by atoms with van der Waals surface area (Å²) in [4.78, 5) is 32.2. The van der Waals surface area contributed by atoms with Crippen LogP contribution in [0.1, 0.15) is 10.4 Å². The van der Waals surface area contributed by atoms with Gasteiger partial charge in [0.2, 0.25) is 5.91 Å². The van der Waals surface area contributed by atoms with Crippen molar-refractivity contribution in [2.24, 2.45) is 5.73 Å². The number of hydrogen-bond acceptors (Lipinski definition) is 5. The number of primary amides is 1. The Bertz CT molecular complexity index is 685. The number of halogens is 1. The van der Waals surface area contributed by atoms with Crippen LogP contribution in [0.25, 0.3) is 0 Å². The van der Waals surface area contributed by atoms with Crippen molar-refractivity contribution in [2.45, 2.75) is 4.90 Å². The Morgan fingerprint density at radius 1 is 1.30 bits per heavy atom. The first-order valence-corrected chi connectivity index (χ1v) is 7.43. The largest absolute Gasteiger partial charge is 0.478 e. The highest BCUT2D eigenvalue weighted by Crippen LogP contribution is 2.22. The molecule has 0 aliphatic carbocycles. The van der Waals surface area contributed by atoms with E-state index in [9.17, 15) is 22.8 Å². The molecule has 0 spiro atoms. The summed E-state index contributed by atoms with van der Waals surface area (Å²) in [5, 5.41) is 10.5. The van der Waals surface area contributed by atoms with Crippen molar-refractivity contribution in [1.29, 1.82) is 0 Å². The van der Waals surface area contributed by atoms with Gasteiger partial charge in [0.25, 0.3) is 0 Å². The van der Waals surface area contributed by atoms with Crippen molar-refractivity contribution in [2.75, 3.05) is 5.75 Å². The van der Waals surface area contributed by atoms with Crippen LogP contribution in [0.15, 0.2) is 27.6 Å². The molecule has 4 N–H and O–H groups in total. The van der Waals surface area contributed by atoms with Crippen molar-refractivity contribution in [3.8, 4) is 0 Å². The smallest absolute Gasteiger partial charge is 0.337 e. The van der Waals surface area contributed by atoms with Gasteiger partial charge in [-0.2, -0.15) is 0 Å². The summed E-state index contributed by atoms with van der Waals surface area (Å²) >= 11 is 3.01. The number of amides is 3. The summed E-state index contributed by atoms with van der Waals surface area (Å²) in [6.45, 7) is 0. The highest BCUT2D eigenvalue weighted by Gasteiger charge is 2.26. The molecule has 0 aliphatic heterocycles. The topological polar surface area (TPSA) is 144 Å². The molecule has 10 heteroatoms. The van der Waals surface area contributed by atoms with Crippen LogP contribution in [0.2, 0.25) is 0 Å². The number of rotatable bonds is 4. The second-order valence-corrected chi connectivity index (χ2v) is 6.49. The summed E-state index contributed by atoms with van der Waals surface area (Å²) in [7, 11) is -4.23. The third-order valence-corrected chi connectivity index (χ3v) is 4.24. The van der Waals surface area contributed by atoms with Crippen LogP contribution >= 0.6 is 15.9 Å². The molecule has 1 aromatic carbocycles. The lowest BCUT2D eigenvalue weighted by atomic mass is 10.2. The molecule has 0 fully saturated rings. The zero-order valence-electron chi connectivity index (χ0n) is 9.79. The summed E-state index contributed by atoms with van der Waals surface area (Å²) in [5.41, 5.74) is 4.21. The van der Waals surface area contributed by atoms with Gasteiger partial charge in [0, 0.05) is 4.47 Å². The molecule has 108 valence electrons. The number of nitrogens with one attached hydrogen (secondary N) is 1. The molecule has 0 radical (unpaired) electrons. The van der Waals surface area contributed by atoms with Gasteiger partial charge >= 0.3 is 12.0 Å². The maximum Gasteiger partial charge on any atom is 0.337 e. The van der Waals surface area contributed by atoms with E-state index >= 15 is 0 Å². The fourth-order valence-corrected chi connectivity index (χ4v) is 3.24. The first-order chi connectivity index (χ1) is 9.13. The molecule has 0 aliphatic rings. The van der Waals surface area contributed by atoms with E-state index in [-0.39, 0.29) is 0 Å². The number of carboxylic acids is 1. The Morgan fingerprint density at radius 3 is 2.40 bits per heavy atom. The van der Waals surface area contributed by atoms with E-state index in [1.165, 1.54) is 6.07 Å². The van der Waals surface area contributed by atoms with Crippen LogP contribution in [-0.4, -0.2) is 37.2 Å². The number of carbonyl (C=O) groups excluding carboxylic acids is 2. The minimum absolute atomic E-state index is 0.330. The summed E-state index contributed by atoms with van der Waals surface area (Å²) in [5.74, 6) is -3.69. The lowest BCUT2D eigenvalue weighted by molar-refractivity contribution is -0.117. The molecule has 20 heavy (non-hydrogen) atoms. The van der Waals surface area contributed by atoms with Gasteiger partial charge in [0.15, 0.2) is 9.84 Å².